The van der Waals surface area contributed by atoms with E-state index in [-0.39, 0.29) is 11.4 Å². The Hall–Kier alpha value is -1.47. The molecule has 0 saturated carbocycles. The fraction of sp³-hybridized carbons (Fsp3) is 0.765. The molecule has 4 rings (SSSR count). The van der Waals surface area contributed by atoms with E-state index < -0.39 is 0 Å². The average Bonchev–Trinajstić information content (AvgIpc) is 3.10. The lowest BCUT2D eigenvalue weighted by atomic mass is 9.89. The molecule has 0 N–H and O–H groups in total. The van der Waals surface area contributed by atoms with E-state index in [9.17, 15) is 4.39 Å². The topological polar surface area (TPSA) is 44.7 Å². The first kappa shape index (κ1) is 16.0. The van der Waals surface area contributed by atoms with E-state index in [1.807, 2.05) is 4.90 Å². The summed E-state index contributed by atoms with van der Waals surface area (Å²) in [6.45, 7) is 6.30. The monoisotopic (exact) mass is 335 g/mol. The molecule has 1 spiro atoms. The van der Waals surface area contributed by atoms with Crippen molar-refractivity contribution in [1.82, 2.24) is 14.9 Å². The van der Waals surface area contributed by atoms with Crippen molar-refractivity contribution in [3.8, 4) is 0 Å². The summed E-state index contributed by atoms with van der Waals surface area (Å²) in [6.07, 6.45) is 5.48. The average molecular weight is 335 g/mol. The van der Waals surface area contributed by atoms with Gasteiger partial charge in [-0.3, -0.25) is 0 Å². The van der Waals surface area contributed by atoms with Gasteiger partial charge < -0.3 is 19.4 Å². The molecule has 6 nitrogen and oxygen atoms in total. The number of morpholine rings is 1. The molecule has 0 bridgehead atoms. The Labute approximate surface area is 142 Å². The number of aromatic nitrogens is 2. The molecule has 0 aliphatic carbocycles. The fourth-order valence-electron chi connectivity index (χ4n) is 4.10. The fourth-order valence-corrected chi connectivity index (χ4v) is 4.10. The lowest BCUT2D eigenvalue weighted by Crippen LogP contribution is -2.56. The number of anilines is 2. The molecule has 3 fully saturated rings. The zero-order chi connectivity index (χ0) is 16.6. The molecule has 7 heteroatoms. The van der Waals surface area contributed by atoms with Crippen LogP contribution in [0.3, 0.4) is 0 Å². The Balaban J connectivity index is 1.46. The van der Waals surface area contributed by atoms with Crippen LogP contribution in [0.25, 0.3) is 0 Å². The van der Waals surface area contributed by atoms with E-state index in [0.717, 1.165) is 71.6 Å². The summed E-state index contributed by atoms with van der Waals surface area (Å²) in [4.78, 5) is 15.3. The van der Waals surface area contributed by atoms with Gasteiger partial charge in [-0.05, 0) is 32.7 Å². The van der Waals surface area contributed by atoms with Crippen molar-refractivity contribution in [3.05, 3.63) is 12.0 Å². The molecule has 4 heterocycles. The zero-order valence-corrected chi connectivity index (χ0v) is 14.4. The molecule has 0 radical (unpaired) electrons. The number of piperidine rings is 1. The third-order valence-electron chi connectivity index (χ3n) is 5.52. The second-order valence-corrected chi connectivity index (χ2v) is 7.29. The molecule has 24 heavy (non-hydrogen) atoms. The van der Waals surface area contributed by atoms with Gasteiger partial charge in [0.1, 0.15) is 0 Å². The smallest absolute Gasteiger partial charge is 0.227 e. The number of hydrogen-bond acceptors (Lipinski definition) is 6. The van der Waals surface area contributed by atoms with Crippen molar-refractivity contribution in [2.75, 3.05) is 62.7 Å². The van der Waals surface area contributed by atoms with E-state index in [4.69, 9.17) is 4.74 Å². The van der Waals surface area contributed by atoms with Gasteiger partial charge in [0.05, 0.1) is 18.4 Å². The molecule has 3 aliphatic rings. The van der Waals surface area contributed by atoms with Gasteiger partial charge in [-0.15, -0.1) is 0 Å². The van der Waals surface area contributed by atoms with Gasteiger partial charge in [-0.2, -0.15) is 4.98 Å². The first-order chi connectivity index (χ1) is 11.7. The Morgan fingerprint density at radius 2 is 1.83 bits per heavy atom. The highest BCUT2D eigenvalue weighted by atomic mass is 19.1. The molecule has 3 saturated heterocycles. The van der Waals surface area contributed by atoms with E-state index in [0.29, 0.717) is 11.8 Å². The van der Waals surface area contributed by atoms with Crippen LogP contribution in [0.15, 0.2) is 6.20 Å². The van der Waals surface area contributed by atoms with Gasteiger partial charge in [0.2, 0.25) is 5.95 Å². The van der Waals surface area contributed by atoms with Crippen molar-refractivity contribution in [1.29, 1.82) is 0 Å². The van der Waals surface area contributed by atoms with Crippen LogP contribution in [0.5, 0.6) is 0 Å². The van der Waals surface area contributed by atoms with E-state index in [1.54, 1.807) is 0 Å². The van der Waals surface area contributed by atoms with Crippen molar-refractivity contribution in [3.63, 3.8) is 0 Å². The number of nitrogens with zero attached hydrogens (tertiary/aromatic N) is 5. The molecule has 1 aromatic rings. The normalized spacial score (nSPS) is 24.8. The lowest BCUT2D eigenvalue weighted by Gasteiger charge is -2.46. The van der Waals surface area contributed by atoms with Crippen molar-refractivity contribution < 1.29 is 9.13 Å². The van der Waals surface area contributed by atoms with Crippen LogP contribution in [0.4, 0.5) is 16.2 Å². The van der Waals surface area contributed by atoms with Gasteiger partial charge in [0.25, 0.3) is 0 Å². The Morgan fingerprint density at radius 3 is 2.54 bits per heavy atom. The number of hydrogen-bond donors (Lipinski definition) is 0. The minimum Gasteiger partial charge on any atom is -0.372 e. The first-order valence-electron chi connectivity index (χ1n) is 9.00. The summed E-state index contributed by atoms with van der Waals surface area (Å²) in [6, 6.07) is 0. The van der Waals surface area contributed by atoms with Crippen LogP contribution in [-0.2, 0) is 4.74 Å². The Bertz CT molecular complexity index is 584. The molecule has 0 amide bonds. The summed E-state index contributed by atoms with van der Waals surface area (Å²) in [7, 11) is 2.15. The van der Waals surface area contributed by atoms with Crippen LogP contribution in [0, 0.1) is 5.82 Å². The molecule has 0 unspecified atom stereocenters. The van der Waals surface area contributed by atoms with Crippen LogP contribution in [-0.4, -0.2) is 73.4 Å². The standard InChI is InChI=1S/C17H26FN5O/c1-21-10-11-24-17(13-21)4-8-23(9-5-17)16-19-12-14(18)15(20-16)22-6-2-3-7-22/h12H,2-11,13H2,1H3. The highest BCUT2D eigenvalue weighted by Crippen LogP contribution is 2.31. The van der Waals surface area contributed by atoms with E-state index >= 15 is 0 Å². The Morgan fingerprint density at radius 1 is 1.08 bits per heavy atom. The van der Waals surface area contributed by atoms with Gasteiger partial charge >= 0.3 is 0 Å². The predicted molar refractivity (Wildman–Crippen MR) is 91.1 cm³/mol. The maximum absolute atomic E-state index is 14.1. The SMILES string of the molecule is CN1CCOC2(CCN(c3ncc(F)c(N4CCCC4)n3)CC2)C1. The van der Waals surface area contributed by atoms with Crippen LogP contribution >= 0.6 is 0 Å². The summed E-state index contributed by atoms with van der Waals surface area (Å²) in [5.74, 6) is 0.801. The number of likely N-dealkylation sites (N-methyl/N-ethyl adjacent to an activating group) is 1. The molecule has 0 atom stereocenters. The Kier molecular flexibility index (Phi) is 4.30. The zero-order valence-electron chi connectivity index (χ0n) is 14.4. The molecule has 132 valence electrons. The maximum Gasteiger partial charge on any atom is 0.227 e. The number of rotatable bonds is 2. The second kappa shape index (κ2) is 6.44. The largest absolute Gasteiger partial charge is 0.372 e. The van der Waals surface area contributed by atoms with Gasteiger partial charge in [0.15, 0.2) is 11.6 Å². The van der Waals surface area contributed by atoms with Gasteiger partial charge in [0, 0.05) is 39.3 Å². The van der Waals surface area contributed by atoms with Crippen LogP contribution in [0.1, 0.15) is 25.7 Å². The van der Waals surface area contributed by atoms with E-state index in [2.05, 4.69) is 26.8 Å². The minimum absolute atomic E-state index is 0.0265. The van der Waals surface area contributed by atoms with Gasteiger partial charge in [-0.25, -0.2) is 9.37 Å². The molecule has 3 aliphatic heterocycles. The summed E-state index contributed by atoms with van der Waals surface area (Å²) in [5.41, 5.74) is -0.0265. The van der Waals surface area contributed by atoms with Crippen molar-refractivity contribution in [2.45, 2.75) is 31.3 Å². The minimum atomic E-state index is -0.314. The quantitative estimate of drug-likeness (QED) is 0.816. The van der Waals surface area contributed by atoms with Crippen LogP contribution in [0.2, 0.25) is 0 Å². The van der Waals surface area contributed by atoms with Crippen molar-refractivity contribution in [2.24, 2.45) is 0 Å². The molecule has 0 aromatic carbocycles. The molecular weight excluding hydrogens is 309 g/mol. The second-order valence-electron chi connectivity index (χ2n) is 7.29. The highest BCUT2D eigenvalue weighted by Gasteiger charge is 2.39. The summed E-state index contributed by atoms with van der Waals surface area (Å²) >= 11 is 0. The summed E-state index contributed by atoms with van der Waals surface area (Å²) in [5, 5.41) is 0. The highest BCUT2D eigenvalue weighted by molar-refractivity contribution is 5.46. The van der Waals surface area contributed by atoms with Crippen LogP contribution < -0.4 is 9.80 Å². The van der Waals surface area contributed by atoms with Crippen molar-refractivity contribution >= 4 is 11.8 Å². The summed E-state index contributed by atoms with van der Waals surface area (Å²) < 4.78 is 20.2. The van der Waals surface area contributed by atoms with Gasteiger partial charge in [-0.1, -0.05) is 0 Å². The van der Waals surface area contributed by atoms with E-state index in [1.165, 1.54) is 6.20 Å². The predicted octanol–water partition coefficient (Wildman–Crippen LogP) is 1.52. The number of halogens is 1. The maximum atomic E-state index is 14.1. The number of ether oxygens (including phenoxy) is 1. The lowest BCUT2D eigenvalue weighted by molar-refractivity contribution is -0.115. The molecule has 1 aromatic heterocycles. The first-order valence-corrected chi connectivity index (χ1v) is 9.00. The third kappa shape index (κ3) is 3.07. The third-order valence-corrected chi connectivity index (χ3v) is 5.52. The molecular formula is C17H26FN5O.